The van der Waals surface area contributed by atoms with Crippen molar-refractivity contribution in [2.45, 2.75) is 4.21 Å². The lowest BCUT2D eigenvalue weighted by Gasteiger charge is -2.13. The molecule has 2 N–H and O–H groups in total. The minimum Gasteiger partial charge on any atom is -0.336 e. The Hall–Kier alpha value is -2.05. The number of carbonyl (C=O) groups excluding carboxylic acids is 1. The van der Waals surface area contributed by atoms with Crippen LogP contribution in [0.3, 0.4) is 0 Å². The number of anilines is 1. The smallest absolute Gasteiger partial charge is 0.321 e. The molecule has 6 nitrogen and oxygen atoms in total. The Kier molecular flexibility index (Phi) is 5.30. The van der Waals surface area contributed by atoms with Gasteiger partial charge in [-0.05, 0) is 36.4 Å². The first-order valence-electron chi connectivity index (χ1n) is 7.35. The van der Waals surface area contributed by atoms with Gasteiger partial charge in [-0.3, -0.25) is 4.90 Å². The van der Waals surface area contributed by atoms with E-state index in [0.717, 1.165) is 22.6 Å². The number of benzene rings is 1. The topological polar surface area (TPSA) is 78.5 Å². The average molecular weight is 396 g/mol. The Labute approximate surface area is 154 Å². The molecule has 1 fully saturated rings. The number of nitrogens with zero attached hydrogens (tertiary/aromatic N) is 1. The summed E-state index contributed by atoms with van der Waals surface area (Å²) in [4.78, 5) is 13.2. The Morgan fingerprint density at radius 1 is 1.24 bits per heavy atom. The molecule has 0 radical (unpaired) electrons. The second kappa shape index (κ2) is 7.45. The summed E-state index contributed by atoms with van der Waals surface area (Å²) in [6.45, 7) is 1.27. The number of halogens is 1. The molecule has 130 valence electrons. The Bertz CT molecular complexity index is 943. The van der Waals surface area contributed by atoms with E-state index in [2.05, 4.69) is 21.9 Å². The molecular formula is C16H14ClN3O3S2. The Morgan fingerprint density at radius 3 is 2.60 bits per heavy atom. The summed E-state index contributed by atoms with van der Waals surface area (Å²) in [7, 11) is -3.59. The zero-order chi connectivity index (χ0) is 17.9. The van der Waals surface area contributed by atoms with Crippen LogP contribution in [0.4, 0.5) is 10.5 Å². The van der Waals surface area contributed by atoms with Crippen LogP contribution >= 0.6 is 22.9 Å². The second-order valence-electron chi connectivity index (χ2n) is 5.12. The number of sulfonamides is 1. The van der Waals surface area contributed by atoms with E-state index in [1.165, 1.54) is 12.1 Å². The van der Waals surface area contributed by atoms with Crippen LogP contribution in [-0.2, 0) is 10.0 Å². The summed E-state index contributed by atoms with van der Waals surface area (Å²) >= 11 is 6.74. The molecule has 3 rings (SSSR count). The molecule has 0 bridgehead atoms. The largest absolute Gasteiger partial charge is 0.336 e. The van der Waals surface area contributed by atoms with Gasteiger partial charge in [-0.15, -0.1) is 11.3 Å². The molecule has 1 aromatic carbocycles. The third-order valence-electron chi connectivity index (χ3n) is 3.43. The summed E-state index contributed by atoms with van der Waals surface area (Å²) in [6.07, 6.45) is 0. The lowest BCUT2D eigenvalue weighted by molar-refractivity contribution is 0.252. The summed E-state index contributed by atoms with van der Waals surface area (Å²) < 4.78 is 27.0. The first-order valence-corrected chi connectivity index (χ1v) is 10.0. The van der Waals surface area contributed by atoms with Crippen LogP contribution in [0.2, 0.25) is 4.34 Å². The first-order chi connectivity index (χ1) is 12.0. The van der Waals surface area contributed by atoms with Gasteiger partial charge < -0.3 is 5.32 Å². The van der Waals surface area contributed by atoms with E-state index in [0.29, 0.717) is 17.4 Å². The quantitative estimate of drug-likeness (QED) is 0.779. The predicted molar refractivity (Wildman–Crippen MR) is 98.6 cm³/mol. The van der Waals surface area contributed by atoms with Gasteiger partial charge in [0.2, 0.25) is 0 Å². The van der Waals surface area contributed by atoms with Gasteiger partial charge in [-0.25, -0.2) is 13.2 Å². The third-order valence-corrected chi connectivity index (χ3v) is 6.56. The number of hydrogen-bond donors (Lipinski definition) is 2. The molecule has 0 saturated carbocycles. The number of thiophene rings is 1. The fraction of sp³-hybridized carbons (Fsp3) is 0.188. The molecule has 1 aliphatic heterocycles. The average Bonchev–Trinajstić information content (AvgIpc) is 3.21. The van der Waals surface area contributed by atoms with Gasteiger partial charge >= 0.3 is 6.03 Å². The van der Waals surface area contributed by atoms with Crippen LogP contribution in [0.25, 0.3) is 0 Å². The zero-order valence-electron chi connectivity index (χ0n) is 13.0. The number of nitrogens with one attached hydrogen (secondary N) is 2. The molecule has 2 aromatic rings. The minimum absolute atomic E-state index is 0.00582. The van der Waals surface area contributed by atoms with Crippen LogP contribution in [0.1, 0.15) is 5.56 Å². The molecule has 1 saturated heterocycles. The van der Waals surface area contributed by atoms with Gasteiger partial charge in [0.1, 0.15) is 4.21 Å². The van der Waals surface area contributed by atoms with Crippen molar-refractivity contribution in [3.63, 3.8) is 0 Å². The monoisotopic (exact) mass is 395 g/mol. The fourth-order valence-electron chi connectivity index (χ4n) is 2.23. The second-order valence-corrected chi connectivity index (χ2v) is 8.82. The minimum atomic E-state index is -3.59. The van der Waals surface area contributed by atoms with E-state index in [9.17, 15) is 13.2 Å². The van der Waals surface area contributed by atoms with Gasteiger partial charge in [0, 0.05) is 24.3 Å². The molecule has 2 amide bonds. The van der Waals surface area contributed by atoms with Gasteiger partial charge in [0.25, 0.3) is 10.0 Å². The summed E-state index contributed by atoms with van der Waals surface area (Å²) in [5, 5.41) is 2.74. The van der Waals surface area contributed by atoms with E-state index in [1.807, 2.05) is 12.1 Å². The maximum atomic E-state index is 12.0. The number of urea groups is 1. The van der Waals surface area contributed by atoms with E-state index >= 15 is 0 Å². The maximum Gasteiger partial charge on any atom is 0.321 e. The van der Waals surface area contributed by atoms with Gasteiger partial charge in [0.15, 0.2) is 0 Å². The molecule has 0 spiro atoms. The van der Waals surface area contributed by atoms with Crippen LogP contribution in [0.15, 0.2) is 40.6 Å². The number of rotatable bonds is 4. The molecule has 0 atom stereocenters. The lowest BCUT2D eigenvalue weighted by atomic mass is 10.2. The molecule has 2 heterocycles. The first kappa shape index (κ1) is 17.8. The Balaban J connectivity index is 1.59. The standard InChI is InChI=1S/C16H14ClN3O3S2/c17-14-7-8-15(24-14)25(22,23)19-9-1-2-12-3-5-13(6-4-12)20-11-10-18-16(20)21/h3-8,19H,9-11H2,(H,18,21). The molecule has 0 unspecified atom stereocenters. The predicted octanol–water partition coefficient (Wildman–Crippen LogP) is 2.26. The van der Waals surface area contributed by atoms with Crippen LogP contribution in [0, 0.1) is 11.8 Å². The van der Waals surface area contributed by atoms with E-state index in [1.54, 1.807) is 17.0 Å². The van der Waals surface area contributed by atoms with Crippen molar-refractivity contribution >= 4 is 44.7 Å². The highest BCUT2D eigenvalue weighted by molar-refractivity contribution is 7.91. The number of carbonyl (C=O) groups is 1. The van der Waals surface area contributed by atoms with E-state index in [-0.39, 0.29) is 16.8 Å². The molecule has 1 aromatic heterocycles. The van der Waals surface area contributed by atoms with Gasteiger partial charge in [0.05, 0.1) is 10.9 Å². The lowest BCUT2D eigenvalue weighted by Crippen LogP contribution is -2.27. The summed E-state index contributed by atoms with van der Waals surface area (Å²) in [5.74, 6) is 5.65. The molecule has 1 aliphatic rings. The molecule has 9 heteroatoms. The summed E-state index contributed by atoms with van der Waals surface area (Å²) in [5.41, 5.74) is 1.54. The van der Waals surface area contributed by atoms with Crippen molar-refractivity contribution in [1.82, 2.24) is 10.0 Å². The number of amides is 2. The molecule has 25 heavy (non-hydrogen) atoms. The number of hydrogen-bond acceptors (Lipinski definition) is 4. The zero-order valence-corrected chi connectivity index (χ0v) is 15.3. The fourth-order valence-corrected chi connectivity index (χ4v) is 4.68. The van der Waals surface area contributed by atoms with E-state index in [4.69, 9.17) is 11.6 Å². The van der Waals surface area contributed by atoms with Crippen molar-refractivity contribution in [2.24, 2.45) is 0 Å². The van der Waals surface area contributed by atoms with Gasteiger partial charge in [-0.1, -0.05) is 23.4 Å². The van der Waals surface area contributed by atoms with Crippen molar-refractivity contribution in [2.75, 3.05) is 24.5 Å². The van der Waals surface area contributed by atoms with Crippen molar-refractivity contribution in [3.8, 4) is 11.8 Å². The normalized spacial score (nSPS) is 14.1. The van der Waals surface area contributed by atoms with Crippen molar-refractivity contribution in [3.05, 3.63) is 46.3 Å². The SMILES string of the molecule is O=C1NCCN1c1ccc(C#CCNS(=O)(=O)c2ccc(Cl)s2)cc1. The summed E-state index contributed by atoms with van der Waals surface area (Å²) in [6, 6.07) is 10.1. The van der Waals surface area contributed by atoms with Crippen molar-refractivity contribution in [1.29, 1.82) is 0 Å². The molecular weight excluding hydrogens is 382 g/mol. The highest BCUT2D eigenvalue weighted by Crippen LogP contribution is 2.25. The molecule has 0 aliphatic carbocycles. The third kappa shape index (κ3) is 4.32. The highest BCUT2D eigenvalue weighted by Gasteiger charge is 2.20. The van der Waals surface area contributed by atoms with Crippen molar-refractivity contribution < 1.29 is 13.2 Å². The maximum absolute atomic E-state index is 12.0. The Morgan fingerprint density at radius 2 is 2.00 bits per heavy atom. The van der Waals surface area contributed by atoms with Crippen LogP contribution < -0.4 is 14.9 Å². The van der Waals surface area contributed by atoms with Crippen LogP contribution in [-0.4, -0.2) is 34.1 Å². The van der Waals surface area contributed by atoms with Gasteiger partial charge in [-0.2, -0.15) is 4.72 Å². The van der Waals surface area contributed by atoms with Crippen LogP contribution in [0.5, 0.6) is 0 Å². The van der Waals surface area contributed by atoms with E-state index < -0.39 is 10.0 Å². The highest BCUT2D eigenvalue weighted by atomic mass is 35.5.